The van der Waals surface area contributed by atoms with Gasteiger partial charge in [0.1, 0.15) is 6.54 Å². The van der Waals surface area contributed by atoms with Crippen molar-refractivity contribution in [3.8, 4) is 0 Å². The Morgan fingerprint density at radius 2 is 1.86 bits per heavy atom. The van der Waals surface area contributed by atoms with Crippen LogP contribution < -0.4 is 5.32 Å². The van der Waals surface area contributed by atoms with Crippen molar-refractivity contribution in [3.63, 3.8) is 0 Å². The van der Waals surface area contributed by atoms with Crippen molar-refractivity contribution in [1.82, 2.24) is 4.57 Å². The molecule has 0 atom stereocenters. The number of anilines is 1. The molecule has 1 amide bonds. The second-order valence-electron chi connectivity index (χ2n) is 6.45. The van der Waals surface area contributed by atoms with E-state index in [9.17, 15) is 22.8 Å². The molecule has 8 heteroatoms. The van der Waals surface area contributed by atoms with Crippen LogP contribution in [0.25, 0.3) is 10.9 Å². The summed E-state index contributed by atoms with van der Waals surface area (Å²) in [6.45, 7) is 3.56. The zero-order valence-corrected chi connectivity index (χ0v) is 16.6. The molecule has 0 aliphatic heterocycles. The highest BCUT2D eigenvalue weighted by molar-refractivity contribution is 9.10. The molecule has 1 heterocycles. The lowest BCUT2D eigenvalue weighted by Gasteiger charge is -2.11. The average molecular weight is 453 g/mol. The molecule has 1 N–H and O–H groups in total. The number of aromatic nitrogens is 1. The molecule has 0 fully saturated rings. The lowest BCUT2D eigenvalue weighted by molar-refractivity contribution is -0.116. The molecule has 0 radical (unpaired) electrons. The van der Waals surface area contributed by atoms with Crippen LogP contribution in [0.5, 0.6) is 0 Å². The van der Waals surface area contributed by atoms with Crippen LogP contribution in [0.15, 0.2) is 47.1 Å². The molecule has 0 aliphatic carbocycles. The number of carbonyl (C=O) groups is 2. The third kappa shape index (κ3) is 3.96. The number of alkyl halides is 3. The number of carbonyl (C=O) groups excluding carboxylic acids is 2. The van der Waals surface area contributed by atoms with Crippen LogP contribution in [0.2, 0.25) is 0 Å². The summed E-state index contributed by atoms with van der Waals surface area (Å²) < 4.78 is 40.7. The van der Waals surface area contributed by atoms with Gasteiger partial charge in [-0.2, -0.15) is 13.2 Å². The lowest BCUT2D eigenvalue weighted by Crippen LogP contribution is -2.22. The maximum absolute atomic E-state index is 13.0. The highest BCUT2D eigenvalue weighted by Crippen LogP contribution is 2.30. The average Bonchev–Trinajstić information content (AvgIpc) is 2.94. The Balaban J connectivity index is 1.96. The standard InChI is InChI=1S/C20H16BrF3N2O2/c1-11-4-3-5-16(12(11)2)25-18(27)10-26-9-15(19(28)20(22,23)24)14-8-13(21)6-7-17(14)26/h3-9H,10H2,1-2H3,(H,25,27). The molecule has 2 aromatic carbocycles. The minimum absolute atomic E-state index is 0.135. The van der Waals surface area contributed by atoms with E-state index >= 15 is 0 Å². The molecule has 28 heavy (non-hydrogen) atoms. The van der Waals surface area contributed by atoms with Crippen LogP contribution in [0.3, 0.4) is 0 Å². The normalized spacial score (nSPS) is 11.6. The van der Waals surface area contributed by atoms with E-state index in [1.807, 2.05) is 19.9 Å². The first-order chi connectivity index (χ1) is 13.1. The number of halogens is 4. The first-order valence-corrected chi connectivity index (χ1v) is 9.13. The number of ketones is 1. The third-order valence-electron chi connectivity index (χ3n) is 4.54. The molecule has 3 rings (SSSR count). The highest BCUT2D eigenvalue weighted by atomic mass is 79.9. The summed E-state index contributed by atoms with van der Waals surface area (Å²) in [6, 6.07) is 10.1. The number of benzene rings is 2. The van der Waals surface area contributed by atoms with Crippen LogP contribution in [0, 0.1) is 13.8 Å². The van der Waals surface area contributed by atoms with Crippen molar-refractivity contribution >= 4 is 44.2 Å². The number of Topliss-reactive ketones (excluding diaryl/α,β-unsaturated/α-hetero) is 1. The maximum Gasteiger partial charge on any atom is 0.454 e. The van der Waals surface area contributed by atoms with Gasteiger partial charge in [-0.15, -0.1) is 0 Å². The van der Waals surface area contributed by atoms with Crippen molar-refractivity contribution in [2.24, 2.45) is 0 Å². The third-order valence-corrected chi connectivity index (χ3v) is 5.03. The predicted octanol–water partition coefficient (Wildman–Crippen LogP) is 5.40. The Morgan fingerprint density at radius 3 is 2.54 bits per heavy atom. The summed E-state index contributed by atoms with van der Waals surface area (Å²) in [7, 11) is 0. The Morgan fingerprint density at radius 1 is 1.14 bits per heavy atom. The zero-order chi connectivity index (χ0) is 20.6. The van der Waals surface area contributed by atoms with Gasteiger partial charge in [-0.25, -0.2) is 0 Å². The molecule has 1 aromatic heterocycles. The molecule has 0 unspecified atom stereocenters. The van der Waals surface area contributed by atoms with Gasteiger partial charge >= 0.3 is 6.18 Å². The van der Waals surface area contributed by atoms with E-state index in [-0.39, 0.29) is 11.9 Å². The topological polar surface area (TPSA) is 51.1 Å². The molecule has 146 valence electrons. The minimum atomic E-state index is -5.00. The van der Waals surface area contributed by atoms with E-state index < -0.39 is 23.4 Å². The summed E-state index contributed by atoms with van der Waals surface area (Å²) in [5.41, 5.74) is 2.43. The van der Waals surface area contributed by atoms with Gasteiger partial charge in [0.05, 0.1) is 5.56 Å². The molecule has 3 aromatic rings. The van der Waals surface area contributed by atoms with Crippen molar-refractivity contribution in [1.29, 1.82) is 0 Å². The lowest BCUT2D eigenvalue weighted by atomic mass is 10.1. The number of aryl methyl sites for hydroxylation is 1. The molecule has 4 nitrogen and oxygen atoms in total. The van der Waals surface area contributed by atoms with Crippen LogP contribution in [-0.4, -0.2) is 22.4 Å². The van der Waals surface area contributed by atoms with Gasteiger partial charge in [0.15, 0.2) is 0 Å². The molecule has 0 aliphatic rings. The first kappa shape index (κ1) is 20.1. The van der Waals surface area contributed by atoms with Crippen LogP contribution in [0.4, 0.5) is 18.9 Å². The molecule has 0 saturated heterocycles. The van der Waals surface area contributed by atoms with Crippen molar-refractivity contribution in [3.05, 3.63) is 63.8 Å². The van der Waals surface area contributed by atoms with Gasteiger partial charge < -0.3 is 9.88 Å². The largest absolute Gasteiger partial charge is 0.454 e. The van der Waals surface area contributed by atoms with Crippen molar-refractivity contribution in [2.45, 2.75) is 26.6 Å². The summed E-state index contributed by atoms with van der Waals surface area (Å²) in [4.78, 5) is 24.3. The fourth-order valence-electron chi connectivity index (χ4n) is 2.96. The summed E-state index contributed by atoms with van der Waals surface area (Å²) in [5, 5.41) is 2.90. The van der Waals surface area contributed by atoms with Gasteiger partial charge in [-0.1, -0.05) is 28.1 Å². The molecule has 0 bridgehead atoms. The van der Waals surface area contributed by atoms with Gasteiger partial charge in [-0.05, 0) is 49.2 Å². The van der Waals surface area contributed by atoms with E-state index in [0.717, 1.165) is 17.3 Å². The van der Waals surface area contributed by atoms with Crippen LogP contribution in [-0.2, 0) is 11.3 Å². The zero-order valence-electron chi connectivity index (χ0n) is 15.0. The molecule has 0 saturated carbocycles. The quantitative estimate of drug-likeness (QED) is 0.538. The van der Waals surface area contributed by atoms with Crippen LogP contribution >= 0.6 is 15.9 Å². The highest BCUT2D eigenvalue weighted by Gasteiger charge is 2.41. The molecular weight excluding hydrogens is 437 g/mol. The maximum atomic E-state index is 13.0. The van der Waals surface area contributed by atoms with Gasteiger partial charge in [0, 0.05) is 27.3 Å². The smallest absolute Gasteiger partial charge is 0.337 e. The van der Waals surface area contributed by atoms with E-state index in [0.29, 0.717) is 15.7 Å². The van der Waals surface area contributed by atoms with Crippen molar-refractivity contribution < 1.29 is 22.8 Å². The van der Waals surface area contributed by atoms with E-state index in [2.05, 4.69) is 21.2 Å². The number of nitrogens with zero attached hydrogens (tertiary/aromatic N) is 1. The summed E-state index contributed by atoms with van der Waals surface area (Å²) in [6.07, 6.45) is -3.92. The predicted molar refractivity (Wildman–Crippen MR) is 105 cm³/mol. The first-order valence-electron chi connectivity index (χ1n) is 8.34. The van der Waals surface area contributed by atoms with E-state index in [1.54, 1.807) is 24.3 Å². The fourth-order valence-corrected chi connectivity index (χ4v) is 3.33. The SMILES string of the molecule is Cc1cccc(NC(=O)Cn2cc(C(=O)C(F)(F)F)c3cc(Br)ccc32)c1C. The van der Waals surface area contributed by atoms with Gasteiger partial charge in [-0.3, -0.25) is 9.59 Å². The molecular formula is C20H16BrF3N2O2. The Hall–Kier alpha value is -2.61. The van der Waals surface area contributed by atoms with E-state index in [4.69, 9.17) is 0 Å². The van der Waals surface area contributed by atoms with E-state index in [1.165, 1.54) is 10.6 Å². The van der Waals surface area contributed by atoms with Crippen LogP contribution in [0.1, 0.15) is 21.5 Å². The summed E-state index contributed by atoms with van der Waals surface area (Å²) >= 11 is 3.20. The number of amides is 1. The summed E-state index contributed by atoms with van der Waals surface area (Å²) in [5.74, 6) is -2.34. The minimum Gasteiger partial charge on any atom is -0.337 e. The fraction of sp³-hybridized carbons (Fsp3) is 0.200. The number of hydrogen-bond acceptors (Lipinski definition) is 2. The number of hydrogen-bond donors (Lipinski definition) is 1. The second-order valence-corrected chi connectivity index (χ2v) is 7.37. The van der Waals surface area contributed by atoms with Crippen molar-refractivity contribution in [2.75, 3.05) is 5.32 Å². The Labute approximate surface area is 167 Å². The Kier molecular flexibility index (Phi) is 5.34. The monoisotopic (exact) mass is 452 g/mol. The molecule has 0 spiro atoms. The number of nitrogens with one attached hydrogen (secondary N) is 1. The van der Waals surface area contributed by atoms with Gasteiger partial charge in [0.2, 0.25) is 5.91 Å². The Bertz CT molecular complexity index is 1090. The second kappa shape index (κ2) is 7.43. The number of rotatable bonds is 4. The number of fused-ring (bicyclic) bond motifs is 1. The van der Waals surface area contributed by atoms with Gasteiger partial charge in [0.25, 0.3) is 5.78 Å².